The van der Waals surface area contributed by atoms with Crippen LogP contribution in [0.4, 0.5) is 14.5 Å². The molecule has 14 heavy (non-hydrogen) atoms. The van der Waals surface area contributed by atoms with Crippen LogP contribution in [-0.4, -0.2) is 19.3 Å². The van der Waals surface area contributed by atoms with Crippen LogP contribution < -0.4 is 5.32 Å². The molecule has 0 aliphatic carbocycles. The molecule has 0 bridgehead atoms. The van der Waals surface area contributed by atoms with Crippen LogP contribution in [0, 0.1) is 11.6 Å². The summed E-state index contributed by atoms with van der Waals surface area (Å²) in [6.07, 6.45) is 0. The lowest BCUT2D eigenvalue weighted by Crippen LogP contribution is -2.40. The third-order valence-electron chi connectivity index (χ3n) is 2.01. The Balaban J connectivity index is 2.19. The molecule has 0 aromatic heterocycles. The topological polar surface area (TPSA) is 21.3 Å². The maximum Gasteiger partial charge on any atom is 0.149 e. The van der Waals surface area contributed by atoms with E-state index in [0.717, 1.165) is 6.07 Å². The van der Waals surface area contributed by atoms with Crippen molar-refractivity contribution in [2.75, 3.05) is 18.5 Å². The van der Waals surface area contributed by atoms with Gasteiger partial charge >= 0.3 is 0 Å². The van der Waals surface area contributed by atoms with E-state index in [1.54, 1.807) is 0 Å². The number of ether oxygens (including phenoxy) is 1. The second kappa shape index (κ2) is 3.82. The van der Waals surface area contributed by atoms with Gasteiger partial charge in [-0.3, -0.25) is 0 Å². The van der Waals surface area contributed by atoms with Crippen molar-refractivity contribution in [3.8, 4) is 0 Å². The molecule has 5 heteroatoms. The lowest BCUT2D eigenvalue weighted by atomic mass is 10.2. The summed E-state index contributed by atoms with van der Waals surface area (Å²) in [6, 6.07) is 2.37. The Hall–Kier alpha value is -0.680. The molecule has 0 spiro atoms. The van der Waals surface area contributed by atoms with E-state index in [4.69, 9.17) is 4.74 Å². The molecular weight excluding hydrogens is 256 g/mol. The molecule has 1 aliphatic heterocycles. The Morgan fingerprint density at radius 1 is 1.29 bits per heavy atom. The van der Waals surface area contributed by atoms with E-state index in [1.807, 2.05) is 0 Å². The van der Waals surface area contributed by atoms with E-state index in [0.29, 0.717) is 18.9 Å². The van der Waals surface area contributed by atoms with Crippen molar-refractivity contribution in [3.63, 3.8) is 0 Å². The average Bonchev–Trinajstić information content (AvgIpc) is 2.06. The molecule has 1 N–H and O–H groups in total. The largest absolute Gasteiger partial charge is 0.377 e. The second-order valence-electron chi connectivity index (χ2n) is 3.12. The highest BCUT2D eigenvalue weighted by molar-refractivity contribution is 9.10. The van der Waals surface area contributed by atoms with Crippen LogP contribution in [0.1, 0.15) is 0 Å². The standard InChI is InChI=1S/C9H8BrF2NO/c10-6-1-9(8(12)2-7(6)11)13-5-3-14-4-5/h1-2,5,13H,3-4H2. The van der Waals surface area contributed by atoms with Gasteiger partial charge in [-0.15, -0.1) is 0 Å². The predicted molar refractivity (Wildman–Crippen MR) is 52.3 cm³/mol. The second-order valence-corrected chi connectivity index (χ2v) is 3.98. The molecular formula is C9H8BrF2NO. The molecule has 76 valence electrons. The first-order chi connectivity index (χ1) is 6.66. The van der Waals surface area contributed by atoms with Crippen molar-refractivity contribution in [2.45, 2.75) is 6.04 Å². The van der Waals surface area contributed by atoms with Gasteiger partial charge in [-0.2, -0.15) is 0 Å². The number of halogens is 3. The van der Waals surface area contributed by atoms with Gasteiger partial charge in [0.05, 0.1) is 29.4 Å². The molecule has 1 fully saturated rings. The van der Waals surface area contributed by atoms with Gasteiger partial charge in [-0.25, -0.2) is 8.78 Å². The van der Waals surface area contributed by atoms with Crippen molar-refractivity contribution in [1.29, 1.82) is 0 Å². The van der Waals surface area contributed by atoms with Crippen molar-refractivity contribution < 1.29 is 13.5 Å². The Kier molecular flexibility index (Phi) is 2.69. The van der Waals surface area contributed by atoms with Crippen LogP contribution in [-0.2, 0) is 4.74 Å². The number of nitrogens with one attached hydrogen (secondary N) is 1. The highest BCUT2D eigenvalue weighted by atomic mass is 79.9. The van der Waals surface area contributed by atoms with E-state index >= 15 is 0 Å². The van der Waals surface area contributed by atoms with Crippen molar-refractivity contribution in [3.05, 3.63) is 28.2 Å². The van der Waals surface area contributed by atoms with E-state index in [1.165, 1.54) is 6.07 Å². The van der Waals surface area contributed by atoms with Gasteiger partial charge in [0.2, 0.25) is 0 Å². The normalized spacial score (nSPS) is 16.5. The van der Waals surface area contributed by atoms with Gasteiger partial charge in [0, 0.05) is 6.07 Å². The molecule has 0 unspecified atom stereocenters. The summed E-state index contributed by atoms with van der Waals surface area (Å²) >= 11 is 3.00. The Morgan fingerprint density at radius 3 is 2.57 bits per heavy atom. The summed E-state index contributed by atoms with van der Waals surface area (Å²) in [5.74, 6) is -1.18. The summed E-state index contributed by atoms with van der Waals surface area (Å²) in [4.78, 5) is 0. The molecule has 1 saturated heterocycles. The molecule has 2 nitrogen and oxygen atoms in total. The van der Waals surface area contributed by atoms with Gasteiger partial charge in [-0.1, -0.05) is 0 Å². The number of rotatable bonds is 2. The molecule has 0 radical (unpaired) electrons. The Morgan fingerprint density at radius 2 is 2.00 bits per heavy atom. The van der Waals surface area contributed by atoms with Crippen LogP contribution >= 0.6 is 15.9 Å². The highest BCUT2D eigenvalue weighted by Crippen LogP contribution is 2.24. The first kappa shape index (κ1) is 9.86. The van der Waals surface area contributed by atoms with Gasteiger partial charge in [0.15, 0.2) is 0 Å². The SMILES string of the molecule is Fc1cc(F)c(NC2COC2)cc1Br. The molecule has 1 aromatic carbocycles. The molecule has 0 saturated carbocycles. The summed E-state index contributed by atoms with van der Waals surface area (Å²) in [6.45, 7) is 1.13. The van der Waals surface area contributed by atoms with Crippen molar-refractivity contribution in [1.82, 2.24) is 0 Å². The van der Waals surface area contributed by atoms with E-state index in [2.05, 4.69) is 21.2 Å². The summed E-state index contributed by atoms with van der Waals surface area (Å²) in [7, 11) is 0. The zero-order chi connectivity index (χ0) is 10.1. The van der Waals surface area contributed by atoms with Gasteiger partial charge in [-0.05, 0) is 22.0 Å². The minimum absolute atomic E-state index is 0.127. The minimum Gasteiger partial charge on any atom is -0.377 e. The van der Waals surface area contributed by atoms with Crippen molar-refractivity contribution >= 4 is 21.6 Å². The maximum atomic E-state index is 13.2. The number of hydrogen-bond acceptors (Lipinski definition) is 2. The van der Waals surface area contributed by atoms with Crippen LogP contribution in [0.5, 0.6) is 0 Å². The van der Waals surface area contributed by atoms with Crippen LogP contribution in [0.25, 0.3) is 0 Å². The molecule has 1 aromatic rings. The quantitative estimate of drug-likeness (QED) is 0.829. The molecule has 0 amide bonds. The maximum absolute atomic E-state index is 13.2. The number of benzene rings is 1. The first-order valence-electron chi connectivity index (χ1n) is 4.15. The monoisotopic (exact) mass is 263 g/mol. The Bertz CT molecular complexity index is 355. The van der Waals surface area contributed by atoms with Crippen LogP contribution in [0.2, 0.25) is 0 Å². The number of anilines is 1. The smallest absolute Gasteiger partial charge is 0.149 e. The van der Waals surface area contributed by atoms with Crippen LogP contribution in [0.15, 0.2) is 16.6 Å². The third kappa shape index (κ3) is 1.88. The lowest BCUT2D eigenvalue weighted by Gasteiger charge is -2.28. The van der Waals surface area contributed by atoms with E-state index in [9.17, 15) is 8.78 Å². The fourth-order valence-electron chi connectivity index (χ4n) is 1.17. The summed E-state index contributed by atoms with van der Waals surface area (Å²) < 4.78 is 31.2. The van der Waals surface area contributed by atoms with E-state index < -0.39 is 11.6 Å². The fourth-order valence-corrected chi connectivity index (χ4v) is 1.52. The minimum atomic E-state index is -0.599. The van der Waals surface area contributed by atoms with Crippen molar-refractivity contribution in [2.24, 2.45) is 0 Å². The van der Waals surface area contributed by atoms with Gasteiger partial charge < -0.3 is 10.1 Å². The highest BCUT2D eigenvalue weighted by Gasteiger charge is 2.19. The molecule has 1 aliphatic rings. The molecule has 2 rings (SSSR count). The third-order valence-corrected chi connectivity index (χ3v) is 2.62. The first-order valence-corrected chi connectivity index (χ1v) is 4.95. The summed E-state index contributed by atoms with van der Waals surface area (Å²) in [5, 5.41) is 2.92. The average molecular weight is 264 g/mol. The molecule has 0 atom stereocenters. The summed E-state index contributed by atoms with van der Waals surface area (Å²) in [5.41, 5.74) is 0.298. The zero-order valence-corrected chi connectivity index (χ0v) is 8.77. The fraction of sp³-hybridized carbons (Fsp3) is 0.333. The Labute approximate surface area is 88.4 Å². The van der Waals surface area contributed by atoms with E-state index in [-0.39, 0.29) is 10.5 Å². The van der Waals surface area contributed by atoms with Gasteiger partial charge in [0.25, 0.3) is 0 Å². The predicted octanol–water partition coefficient (Wildman–Crippen LogP) is 2.54. The van der Waals surface area contributed by atoms with Gasteiger partial charge in [0.1, 0.15) is 11.6 Å². The number of hydrogen-bond donors (Lipinski definition) is 1. The molecule has 1 heterocycles. The van der Waals surface area contributed by atoms with Crippen LogP contribution in [0.3, 0.4) is 0 Å². The lowest BCUT2D eigenvalue weighted by molar-refractivity contribution is 0.0210. The zero-order valence-electron chi connectivity index (χ0n) is 7.19.